The van der Waals surface area contributed by atoms with Gasteiger partial charge in [-0.05, 0) is 31.5 Å². The van der Waals surface area contributed by atoms with Crippen LogP contribution in [0.15, 0.2) is 12.1 Å². The Bertz CT molecular complexity index is 512. The molecule has 3 rings (SSSR count). The van der Waals surface area contributed by atoms with E-state index in [2.05, 4.69) is 16.7 Å². The van der Waals surface area contributed by atoms with Gasteiger partial charge in [0.1, 0.15) is 5.69 Å². The zero-order valence-corrected chi connectivity index (χ0v) is 13.8. The lowest BCUT2D eigenvalue weighted by Crippen LogP contribution is -2.53. The molecular weight excluding hydrogens is 298 g/mol. The minimum absolute atomic E-state index is 0.0773. The topological polar surface area (TPSA) is 35.7 Å². The number of nitrogen functional groups attached to an aromatic ring is 1. The Morgan fingerprint density at radius 2 is 1.57 bits per heavy atom. The third-order valence-electron chi connectivity index (χ3n) is 5.19. The molecule has 2 N–H and O–H groups in total. The molecule has 2 heterocycles. The van der Waals surface area contributed by atoms with Crippen molar-refractivity contribution in [1.82, 2.24) is 9.80 Å². The van der Waals surface area contributed by atoms with Crippen molar-refractivity contribution in [3.63, 3.8) is 0 Å². The molecule has 0 bridgehead atoms. The first-order valence-electron chi connectivity index (χ1n) is 8.54. The Kier molecular flexibility index (Phi) is 5.02. The molecule has 0 amide bonds. The van der Waals surface area contributed by atoms with Gasteiger partial charge in [0.25, 0.3) is 0 Å². The van der Waals surface area contributed by atoms with Crippen LogP contribution in [-0.2, 0) is 0 Å². The number of piperazine rings is 1. The number of benzene rings is 1. The Morgan fingerprint density at radius 3 is 2.09 bits per heavy atom. The van der Waals surface area contributed by atoms with E-state index in [0.717, 1.165) is 45.6 Å². The molecule has 2 fully saturated rings. The fraction of sp³-hybridized carbons (Fsp3) is 0.647. The summed E-state index contributed by atoms with van der Waals surface area (Å²) >= 11 is 0. The second-order valence-electron chi connectivity index (χ2n) is 6.52. The molecule has 0 saturated carbocycles. The summed E-state index contributed by atoms with van der Waals surface area (Å²) in [6.45, 7) is 9.14. The van der Waals surface area contributed by atoms with E-state index in [0.29, 0.717) is 19.1 Å². The van der Waals surface area contributed by atoms with Crippen LogP contribution in [0, 0.1) is 11.6 Å². The van der Waals surface area contributed by atoms with Gasteiger partial charge in [0.05, 0.1) is 0 Å². The number of likely N-dealkylation sites (N-methyl/N-ethyl adjacent to an activating group) is 1. The molecule has 23 heavy (non-hydrogen) atoms. The molecule has 0 aliphatic carbocycles. The fourth-order valence-electron chi connectivity index (χ4n) is 3.79. The lowest BCUT2D eigenvalue weighted by molar-refractivity contribution is 0.0877. The van der Waals surface area contributed by atoms with E-state index in [1.54, 1.807) is 0 Å². The number of hydrogen-bond acceptors (Lipinski definition) is 4. The summed E-state index contributed by atoms with van der Waals surface area (Å²) in [6, 6.07) is 2.94. The number of anilines is 2. The second-order valence-corrected chi connectivity index (χ2v) is 6.52. The van der Waals surface area contributed by atoms with Crippen molar-refractivity contribution >= 4 is 11.4 Å². The molecule has 2 saturated heterocycles. The van der Waals surface area contributed by atoms with E-state index in [1.807, 2.05) is 4.90 Å². The van der Waals surface area contributed by atoms with Crippen LogP contribution in [-0.4, -0.2) is 61.7 Å². The molecule has 2 aliphatic rings. The lowest BCUT2D eigenvalue weighted by atomic mass is 10.0. The molecule has 1 aromatic rings. The quantitative estimate of drug-likeness (QED) is 0.864. The van der Waals surface area contributed by atoms with Gasteiger partial charge in [0.2, 0.25) is 0 Å². The third kappa shape index (κ3) is 3.58. The van der Waals surface area contributed by atoms with E-state index in [1.165, 1.54) is 12.1 Å². The fourth-order valence-corrected chi connectivity index (χ4v) is 3.79. The van der Waals surface area contributed by atoms with Crippen LogP contribution in [0.3, 0.4) is 0 Å². The Morgan fingerprint density at radius 1 is 1.00 bits per heavy atom. The number of halogens is 2. The summed E-state index contributed by atoms with van der Waals surface area (Å²) in [6.07, 6.45) is 1.91. The summed E-state index contributed by atoms with van der Waals surface area (Å²) in [7, 11) is 0. The van der Waals surface area contributed by atoms with Gasteiger partial charge in [0.15, 0.2) is 11.6 Å². The molecule has 0 unspecified atom stereocenters. The highest BCUT2D eigenvalue weighted by Crippen LogP contribution is 2.29. The SMILES string of the molecule is CCN1CCN(C2CCN(c3c(F)cc(N)cc3F)CC2)CC1. The molecule has 0 radical (unpaired) electrons. The van der Waals surface area contributed by atoms with Crippen LogP contribution < -0.4 is 10.6 Å². The van der Waals surface area contributed by atoms with Gasteiger partial charge < -0.3 is 15.5 Å². The first-order chi connectivity index (χ1) is 11.1. The van der Waals surface area contributed by atoms with E-state index in [4.69, 9.17) is 5.73 Å². The maximum absolute atomic E-state index is 14.1. The van der Waals surface area contributed by atoms with E-state index in [9.17, 15) is 8.78 Å². The minimum Gasteiger partial charge on any atom is -0.399 e. The first-order valence-corrected chi connectivity index (χ1v) is 8.54. The highest BCUT2D eigenvalue weighted by atomic mass is 19.1. The molecular formula is C17H26F2N4. The molecule has 1 aromatic carbocycles. The van der Waals surface area contributed by atoms with Gasteiger partial charge in [-0.3, -0.25) is 4.90 Å². The smallest absolute Gasteiger partial charge is 0.151 e. The number of nitrogens with two attached hydrogens (primary N) is 1. The maximum Gasteiger partial charge on any atom is 0.151 e. The molecule has 0 atom stereocenters. The van der Waals surface area contributed by atoms with Crippen LogP contribution in [0.5, 0.6) is 0 Å². The number of hydrogen-bond donors (Lipinski definition) is 1. The van der Waals surface area contributed by atoms with Gasteiger partial charge in [-0.25, -0.2) is 8.78 Å². The summed E-state index contributed by atoms with van der Waals surface area (Å²) in [5.41, 5.74) is 5.70. The molecule has 128 valence electrons. The molecule has 2 aliphatic heterocycles. The van der Waals surface area contributed by atoms with Crippen LogP contribution in [0.1, 0.15) is 19.8 Å². The molecule has 0 spiro atoms. The zero-order valence-electron chi connectivity index (χ0n) is 13.8. The van der Waals surface area contributed by atoms with Crippen molar-refractivity contribution in [3.8, 4) is 0 Å². The van der Waals surface area contributed by atoms with Gasteiger partial charge in [-0.15, -0.1) is 0 Å². The molecule has 6 heteroatoms. The van der Waals surface area contributed by atoms with Crippen molar-refractivity contribution in [2.75, 3.05) is 56.4 Å². The normalized spacial score (nSPS) is 21.8. The first kappa shape index (κ1) is 16.5. The van der Waals surface area contributed by atoms with Crippen LogP contribution in [0.2, 0.25) is 0 Å². The van der Waals surface area contributed by atoms with Gasteiger partial charge in [-0.2, -0.15) is 0 Å². The van der Waals surface area contributed by atoms with Gasteiger partial charge in [0, 0.05) is 51.0 Å². The monoisotopic (exact) mass is 324 g/mol. The number of nitrogens with zero attached hydrogens (tertiary/aromatic N) is 3. The van der Waals surface area contributed by atoms with Gasteiger partial charge >= 0.3 is 0 Å². The summed E-state index contributed by atoms with van der Waals surface area (Å²) in [5.74, 6) is -1.12. The van der Waals surface area contributed by atoms with E-state index >= 15 is 0 Å². The highest BCUT2D eigenvalue weighted by molar-refractivity contribution is 5.56. The van der Waals surface area contributed by atoms with E-state index < -0.39 is 11.6 Å². The van der Waals surface area contributed by atoms with Crippen molar-refractivity contribution < 1.29 is 8.78 Å². The summed E-state index contributed by atoms with van der Waals surface area (Å²) in [4.78, 5) is 6.83. The molecule has 4 nitrogen and oxygen atoms in total. The number of rotatable bonds is 3. The van der Waals surface area contributed by atoms with Gasteiger partial charge in [-0.1, -0.05) is 6.92 Å². The van der Waals surface area contributed by atoms with Crippen LogP contribution >= 0.6 is 0 Å². The van der Waals surface area contributed by atoms with Crippen molar-refractivity contribution in [3.05, 3.63) is 23.8 Å². The molecule has 0 aromatic heterocycles. The minimum atomic E-state index is -0.558. The van der Waals surface area contributed by atoms with Crippen molar-refractivity contribution in [2.24, 2.45) is 0 Å². The zero-order chi connectivity index (χ0) is 16.4. The van der Waals surface area contributed by atoms with Crippen molar-refractivity contribution in [2.45, 2.75) is 25.8 Å². The Labute approximate surface area is 136 Å². The van der Waals surface area contributed by atoms with Crippen LogP contribution in [0.25, 0.3) is 0 Å². The van der Waals surface area contributed by atoms with E-state index in [-0.39, 0.29) is 11.4 Å². The summed E-state index contributed by atoms with van der Waals surface area (Å²) in [5, 5.41) is 0. The second kappa shape index (κ2) is 7.01. The van der Waals surface area contributed by atoms with Crippen LogP contribution in [0.4, 0.5) is 20.2 Å². The third-order valence-corrected chi connectivity index (χ3v) is 5.19. The largest absolute Gasteiger partial charge is 0.399 e. The predicted molar refractivity (Wildman–Crippen MR) is 89.7 cm³/mol. The Balaban J connectivity index is 1.59. The average molecular weight is 324 g/mol. The Hall–Kier alpha value is -1.40. The average Bonchev–Trinajstić information content (AvgIpc) is 2.55. The highest BCUT2D eigenvalue weighted by Gasteiger charge is 2.29. The standard InChI is InChI=1S/C17H26F2N4/c1-2-21-7-9-22(10-8-21)14-3-5-23(6-4-14)17-15(18)11-13(20)12-16(17)19/h11-12,14H,2-10,20H2,1H3. The number of piperidine rings is 1. The van der Waals surface area contributed by atoms with Crippen molar-refractivity contribution in [1.29, 1.82) is 0 Å². The summed E-state index contributed by atoms with van der Waals surface area (Å²) < 4.78 is 28.1. The maximum atomic E-state index is 14.1. The predicted octanol–water partition coefficient (Wildman–Crippen LogP) is 2.15. The lowest BCUT2D eigenvalue weighted by Gasteiger charge is -2.43.